The van der Waals surface area contributed by atoms with Gasteiger partial charge in [-0.2, -0.15) is 0 Å². The molecule has 0 spiro atoms. The fraction of sp³-hybridized carbons (Fsp3) is 0.786. The average Bonchev–Trinajstić information content (AvgIpc) is 2.99. The zero-order valence-electron chi connectivity index (χ0n) is 12.2. The minimum Gasteiger partial charge on any atom is -0.480 e. The predicted molar refractivity (Wildman–Crippen MR) is 69.1 cm³/mol. The van der Waals surface area contributed by atoms with Crippen molar-refractivity contribution in [3.63, 3.8) is 0 Å². The number of nitrogens with zero attached hydrogens (tertiary/aromatic N) is 1. The molecule has 0 saturated carbocycles. The molecule has 3 rings (SSSR count). The summed E-state index contributed by atoms with van der Waals surface area (Å²) in [6.07, 6.45) is -0.679. The third-order valence-corrected chi connectivity index (χ3v) is 5.70. The van der Waals surface area contributed by atoms with Gasteiger partial charge in [0, 0.05) is 0 Å². The molecule has 2 amide bonds. The largest absolute Gasteiger partial charge is 0.480 e. The Morgan fingerprint density at radius 2 is 1.67 bits per heavy atom. The molecule has 3 saturated heterocycles. The molecule has 116 valence electrons. The summed E-state index contributed by atoms with van der Waals surface area (Å²) in [5, 5.41) is 19.0. The van der Waals surface area contributed by atoms with E-state index in [2.05, 4.69) is 0 Å². The lowest BCUT2D eigenvalue weighted by Crippen LogP contribution is -2.53. The van der Waals surface area contributed by atoms with Gasteiger partial charge in [0.25, 0.3) is 0 Å². The van der Waals surface area contributed by atoms with Crippen LogP contribution in [0.1, 0.15) is 33.6 Å². The zero-order valence-corrected chi connectivity index (χ0v) is 12.2. The van der Waals surface area contributed by atoms with Crippen LogP contribution < -0.4 is 0 Å². The third-order valence-electron chi connectivity index (χ3n) is 5.70. The first-order valence-corrected chi connectivity index (χ1v) is 7.11. The molecular weight excluding hydrogens is 278 g/mol. The average molecular weight is 297 g/mol. The van der Waals surface area contributed by atoms with Crippen molar-refractivity contribution in [2.45, 2.75) is 58.0 Å². The van der Waals surface area contributed by atoms with Gasteiger partial charge in [-0.25, -0.2) is 4.79 Å². The second-order valence-electron chi connectivity index (χ2n) is 6.60. The van der Waals surface area contributed by atoms with Crippen LogP contribution >= 0.6 is 0 Å². The number of aliphatic hydroxyl groups is 1. The Labute approximate surface area is 121 Å². The Hall–Kier alpha value is -1.47. The van der Waals surface area contributed by atoms with Crippen LogP contribution in [0, 0.1) is 10.8 Å². The summed E-state index contributed by atoms with van der Waals surface area (Å²) >= 11 is 0. The van der Waals surface area contributed by atoms with Crippen LogP contribution in [0.5, 0.6) is 0 Å². The summed E-state index contributed by atoms with van der Waals surface area (Å²) in [4.78, 5) is 37.8. The van der Waals surface area contributed by atoms with E-state index in [-0.39, 0.29) is 12.2 Å². The maximum Gasteiger partial charge on any atom is 0.329 e. The lowest BCUT2D eigenvalue weighted by Gasteiger charge is -2.36. The lowest BCUT2D eigenvalue weighted by molar-refractivity contribution is -0.162. The molecule has 3 aliphatic rings. The highest BCUT2D eigenvalue weighted by atomic mass is 16.5. The van der Waals surface area contributed by atoms with E-state index in [4.69, 9.17) is 4.74 Å². The number of carboxylic acid groups (broad SMARTS) is 1. The maximum atomic E-state index is 12.8. The molecule has 2 bridgehead atoms. The van der Waals surface area contributed by atoms with E-state index in [1.165, 1.54) is 6.92 Å². The standard InChI is InChI=1S/C14H19NO6/c1-6(16)9(10(17)18)15-11(19)13(2)7-4-5-8(21-7)14(13,3)12(15)20/h6-9,16H,4-5H2,1-3H3,(H,17,18)/t6?,7-,8+,9?,13+,14-. The number of amides is 2. The number of ether oxygens (including phenoxy) is 1. The number of carboxylic acids is 1. The van der Waals surface area contributed by atoms with Gasteiger partial charge in [0.05, 0.1) is 29.1 Å². The molecule has 0 aromatic heterocycles. The van der Waals surface area contributed by atoms with Crippen LogP contribution in [0.25, 0.3) is 0 Å². The summed E-state index contributed by atoms with van der Waals surface area (Å²) in [6.45, 7) is 4.62. The number of carbonyl (C=O) groups is 3. The van der Waals surface area contributed by atoms with Gasteiger partial charge in [0.15, 0.2) is 6.04 Å². The highest BCUT2D eigenvalue weighted by molar-refractivity contribution is 6.12. The predicted octanol–water partition coefficient (Wildman–Crippen LogP) is -0.237. The Morgan fingerprint density at radius 3 is 2.00 bits per heavy atom. The van der Waals surface area contributed by atoms with Crippen molar-refractivity contribution in [3.05, 3.63) is 0 Å². The summed E-state index contributed by atoms with van der Waals surface area (Å²) in [7, 11) is 0. The van der Waals surface area contributed by atoms with Gasteiger partial charge in [0.2, 0.25) is 11.8 Å². The fourth-order valence-electron chi connectivity index (χ4n) is 4.25. The van der Waals surface area contributed by atoms with E-state index in [1.54, 1.807) is 13.8 Å². The van der Waals surface area contributed by atoms with E-state index < -0.39 is 40.8 Å². The monoisotopic (exact) mass is 297 g/mol. The fourth-order valence-corrected chi connectivity index (χ4v) is 4.25. The smallest absolute Gasteiger partial charge is 0.329 e. The molecule has 7 heteroatoms. The van der Waals surface area contributed by atoms with E-state index in [1.807, 2.05) is 0 Å². The topological polar surface area (TPSA) is 104 Å². The number of carbonyl (C=O) groups excluding carboxylic acids is 2. The quantitative estimate of drug-likeness (QED) is 0.697. The van der Waals surface area contributed by atoms with Gasteiger partial charge in [-0.1, -0.05) is 0 Å². The Bertz CT molecular complexity index is 512. The number of aliphatic carboxylic acids is 1. The van der Waals surface area contributed by atoms with Crippen molar-refractivity contribution >= 4 is 17.8 Å². The molecule has 2 N–H and O–H groups in total. The summed E-state index contributed by atoms with van der Waals surface area (Å²) in [6, 6.07) is -1.55. The summed E-state index contributed by atoms with van der Waals surface area (Å²) < 4.78 is 5.76. The highest BCUT2D eigenvalue weighted by Gasteiger charge is 2.78. The number of hydrogen-bond acceptors (Lipinski definition) is 5. The van der Waals surface area contributed by atoms with Gasteiger partial charge in [0.1, 0.15) is 0 Å². The SMILES string of the molecule is CC(O)C(C(=O)O)N1C(=O)[C@@]2(C)[C@@H]3CC[C@@H](O3)[C@@]2(C)C1=O. The number of rotatable bonds is 3. The Morgan fingerprint density at radius 1 is 1.24 bits per heavy atom. The van der Waals surface area contributed by atoms with Gasteiger partial charge >= 0.3 is 5.97 Å². The first kappa shape index (κ1) is 14.5. The van der Waals surface area contributed by atoms with Crippen molar-refractivity contribution in [3.8, 4) is 0 Å². The molecule has 3 aliphatic heterocycles. The summed E-state index contributed by atoms with van der Waals surface area (Å²) in [5.74, 6) is -2.47. The normalized spacial score (nSPS) is 44.1. The molecule has 6 atom stereocenters. The molecule has 3 fully saturated rings. The van der Waals surface area contributed by atoms with Gasteiger partial charge in [-0.05, 0) is 33.6 Å². The minimum atomic E-state index is -1.55. The van der Waals surface area contributed by atoms with Crippen molar-refractivity contribution < 1.29 is 29.3 Å². The molecule has 0 radical (unpaired) electrons. The van der Waals surface area contributed by atoms with Crippen molar-refractivity contribution in [2.24, 2.45) is 10.8 Å². The highest BCUT2D eigenvalue weighted by Crippen LogP contribution is 2.64. The number of likely N-dealkylation sites (tertiary alicyclic amines) is 1. The second kappa shape index (κ2) is 4.04. The minimum absolute atomic E-state index is 0.364. The number of fused-ring (bicyclic) bond motifs is 5. The van der Waals surface area contributed by atoms with E-state index in [0.717, 1.165) is 4.90 Å². The molecular formula is C14H19NO6. The van der Waals surface area contributed by atoms with Crippen LogP contribution in [-0.4, -0.2) is 57.3 Å². The van der Waals surface area contributed by atoms with Crippen LogP contribution in [0.4, 0.5) is 0 Å². The summed E-state index contributed by atoms with van der Waals surface area (Å²) in [5.41, 5.74) is -2.09. The van der Waals surface area contributed by atoms with Crippen LogP contribution in [0.2, 0.25) is 0 Å². The van der Waals surface area contributed by atoms with Crippen molar-refractivity contribution in [1.82, 2.24) is 4.90 Å². The van der Waals surface area contributed by atoms with Crippen molar-refractivity contribution in [1.29, 1.82) is 0 Å². The Kier molecular flexibility index (Phi) is 2.79. The molecule has 0 aliphatic carbocycles. The van der Waals surface area contributed by atoms with Crippen LogP contribution in [0.3, 0.4) is 0 Å². The third kappa shape index (κ3) is 1.38. The Balaban J connectivity index is 2.10. The van der Waals surface area contributed by atoms with Gasteiger partial charge in [-0.3, -0.25) is 14.5 Å². The van der Waals surface area contributed by atoms with Crippen LogP contribution in [0.15, 0.2) is 0 Å². The van der Waals surface area contributed by atoms with Crippen LogP contribution in [-0.2, 0) is 19.1 Å². The number of hydrogen-bond donors (Lipinski definition) is 2. The molecule has 2 unspecified atom stereocenters. The van der Waals surface area contributed by atoms with E-state index >= 15 is 0 Å². The molecule has 7 nitrogen and oxygen atoms in total. The van der Waals surface area contributed by atoms with Gasteiger partial charge in [-0.15, -0.1) is 0 Å². The molecule has 3 heterocycles. The molecule has 0 aromatic rings. The van der Waals surface area contributed by atoms with Gasteiger partial charge < -0.3 is 14.9 Å². The zero-order chi connectivity index (χ0) is 15.7. The number of imide groups is 1. The first-order valence-electron chi connectivity index (χ1n) is 7.11. The molecule has 21 heavy (non-hydrogen) atoms. The first-order chi connectivity index (χ1) is 9.67. The maximum absolute atomic E-state index is 12.8. The number of aliphatic hydroxyl groups excluding tert-OH is 1. The van der Waals surface area contributed by atoms with E-state index in [9.17, 15) is 24.6 Å². The molecule has 0 aromatic carbocycles. The second-order valence-corrected chi connectivity index (χ2v) is 6.60. The van der Waals surface area contributed by atoms with E-state index in [0.29, 0.717) is 12.8 Å². The lowest BCUT2D eigenvalue weighted by atomic mass is 9.59. The van der Waals surface area contributed by atoms with Crippen molar-refractivity contribution in [2.75, 3.05) is 0 Å².